The summed E-state index contributed by atoms with van der Waals surface area (Å²) in [6.45, 7) is 5.25. The van der Waals surface area contributed by atoms with Gasteiger partial charge in [-0.15, -0.1) is 11.3 Å². The van der Waals surface area contributed by atoms with Crippen molar-refractivity contribution in [3.8, 4) is 17.0 Å². The molecular formula is C30H35F4N9O2S. The fourth-order valence-corrected chi connectivity index (χ4v) is 7.34. The summed E-state index contributed by atoms with van der Waals surface area (Å²) in [5.74, 6) is -0.921. The first-order valence-corrected chi connectivity index (χ1v) is 15.8. The van der Waals surface area contributed by atoms with E-state index in [2.05, 4.69) is 31.9 Å². The quantitative estimate of drug-likeness (QED) is 0.237. The Morgan fingerprint density at radius 1 is 1.11 bits per heavy atom. The minimum Gasteiger partial charge on any atom is -0.490 e. The molecule has 16 heteroatoms. The number of nitrogens with zero attached hydrogens (tertiary/aromatic N) is 7. The van der Waals surface area contributed by atoms with E-state index in [1.165, 1.54) is 18.6 Å². The van der Waals surface area contributed by atoms with E-state index in [0.29, 0.717) is 71.8 Å². The summed E-state index contributed by atoms with van der Waals surface area (Å²) in [4.78, 5) is 26.6. The summed E-state index contributed by atoms with van der Waals surface area (Å²) in [7, 11) is 2.06. The van der Waals surface area contributed by atoms with Crippen LogP contribution in [0.1, 0.15) is 57.4 Å². The van der Waals surface area contributed by atoms with Crippen molar-refractivity contribution in [3.05, 3.63) is 51.7 Å². The van der Waals surface area contributed by atoms with Gasteiger partial charge in [-0.2, -0.15) is 5.10 Å². The number of hydrogen-bond donors (Lipinski definition) is 2. The Hall–Kier alpha value is -4.02. The second-order valence-electron chi connectivity index (χ2n) is 11.6. The monoisotopic (exact) mass is 661 g/mol. The van der Waals surface area contributed by atoms with Gasteiger partial charge in [-0.3, -0.25) is 14.7 Å². The molecule has 2 fully saturated rings. The molecule has 0 spiro atoms. The molecule has 1 unspecified atom stereocenters. The third kappa shape index (κ3) is 6.33. The first-order chi connectivity index (χ1) is 22.1. The number of nitrogens with two attached hydrogens (primary N) is 2. The van der Waals surface area contributed by atoms with Crippen molar-refractivity contribution in [3.63, 3.8) is 0 Å². The smallest absolute Gasteiger partial charge is 0.280 e. The van der Waals surface area contributed by atoms with E-state index < -0.39 is 24.7 Å². The van der Waals surface area contributed by atoms with Gasteiger partial charge in [0.25, 0.3) is 18.8 Å². The molecule has 0 bridgehead atoms. The number of rotatable bonds is 10. The maximum absolute atomic E-state index is 14.5. The Morgan fingerprint density at radius 3 is 2.61 bits per heavy atom. The van der Waals surface area contributed by atoms with Crippen LogP contribution < -0.4 is 21.1 Å². The van der Waals surface area contributed by atoms with Gasteiger partial charge in [0, 0.05) is 69.1 Å². The average Bonchev–Trinajstić information content (AvgIpc) is 3.63. The van der Waals surface area contributed by atoms with E-state index in [1.807, 2.05) is 4.90 Å². The van der Waals surface area contributed by atoms with Crippen LogP contribution in [-0.2, 0) is 0 Å². The summed E-state index contributed by atoms with van der Waals surface area (Å²) in [5, 5.41) is 4.35. The highest BCUT2D eigenvalue weighted by Gasteiger charge is 2.35. The molecule has 2 saturated heterocycles. The third-order valence-electron chi connectivity index (χ3n) is 8.63. The van der Waals surface area contributed by atoms with Gasteiger partial charge >= 0.3 is 0 Å². The number of fused-ring (bicyclic) bond motifs is 1. The third-order valence-corrected chi connectivity index (χ3v) is 9.84. The zero-order chi connectivity index (χ0) is 32.5. The van der Waals surface area contributed by atoms with Crippen LogP contribution in [0.5, 0.6) is 5.75 Å². The molecule has 2 aliphatic rings. The number of carbonyl (C=O) groups excluding carboxylic acids is 1. The number of thiophene rings is 1. The fraction of sp³-hybridized carbons (Fsp3) is 0.467. The maximum Gasteiger partial charge on any atom is 0.280 e. The predicted molar refractivity (Wildman–Crippen MR) is 167 cm³/mol. The standard InChI is InChI=1S/C30H35F4N9O2S/c1-40-7-9-41(10-8-40)11-12-45-24-22(25(28(33)34)46-26(24)30(36)44)18-3-2-6-42(15-18)21-14-20(43-23(21)29(35)38-16-39-43)17-4-5-37-19(13-17)27(31)32/h4-5,13-14,16,18,27-28H,2-3,6-12,15H2,1H3,(H2,36,44)(H2,35,38,39). The summed E-state index contributed by atoms with van der Waals surface area (Å²) in [6, 6.07) is 4.69. The van der Waals surface area contributed by atoms with Gasteiger partial charge in [-0.05, 0) is 38.1 Å². The predicted octanol–water partition coefficient (Wildman–Crippen LogP) is 4.42. The molecule has 4 N–H and O–H groups in total. The molecule has 0 radical (unpaired) electrons. The van der Waals surface area contributed by atoms with Gasteiger partial charge in [-0.25, -0.2) is 27.1 Å². The number of nitrogen functional groups attached to an aromatic ring is 1. The lowest BCUT2D eigenvalue weighted by molar-refractivity contribution is 0.0997. The molecule has 6 rings (SSSR count). The molecule has 11 nitrogen and oxygen atoms in total. The van der Waals surface area contributed by atoms with E-state index in [4.69, 9.17) is 16.2 Å². The van der Waals surface area contributed by atoms with Gasteiger partial charge in [-0.1, -0.05) is 0 Å². The topological polar surface area (TPSA) is 131 Å². The fourth-order valence-electron chi connectivity index (χ4n) is 6.30. The largest absolute Gasteiger partial charge is 0.490 e. The second-order valence-corrected chi connectivity index (χ2v) is 12.6. The summed E-state index contributed by atoms with van der Waals surface area (Å²) in [5.41, 5.74) is 14.0. The summed E-state index contributed by atoms with van der Waals surface area (Å²) in [6.07, 6.45) is -1.79. The van der Waals surface area contributed by atoms with E-state index in [1.54, 1.807) is 16.6 Å². The zero-order valence-corrected chi connectivity index (χ0v) is 26.0. The highest BCUT2D eigenvalue weighted by Crippen LogP contribution is 2.48. The van der Waals surface area contributed by atoms with Crippen molar-refractivity contribution in [2.24, 2.45) is 5.73 Å². The van der Waals surface area contributed by atoms with Crippen LogP contribution in [0.25, 0.3) is 16.8 Å². The van der Waals surface area contributed by atoms with Gasteiger partial charge in [0.05, 0.1) is 16.3 Å². The van der Waals surface area contributed by atoms with E-state index in [-0.39, 0.29) is 33.6 Å². The number of aromatic nitrogens is 4. The lowest BCUT2D eigenvalue weighted by Gasteiger charge is -2.35. The lowest BCUT2D eigenvalue weighted by Crippen LogP contribution is -2.45. The Bertz CT molecular complexity index is 1710. The van der Waals surface area contributed by atoms with Gasteiger partial charge in [0.15, 0.2) is 5.82 Å². The first kappa shape index (κ1) is 31.9. The number of halogens is 4. The van der Waals surface area contributed by atoms with Gasteiger partial charge < -0.3 is 26.0 Å². The minimum absolute atomic E-state index is 0.0115. The summed E-state index contributed by atoms with van der Waals surface area (Å²) >= 11 is 0.690. The zero-order valence-electron chi connectivity index (χ0n) is 25.2. The maximum atomic E-state index is 14.5. The van der Waals surface area contributed by atoms with E-state index >= 15 is 0 Å². The number of amides is 1. The first-order valence-electron chi connectivity index (χ1n) is 15.0. The van der Waals surface area contributed by atoms with Crippen LogP contribution in [0.4, 0.5) is 29.1 Å². The normalized spacial score (nSPS) is 18.2. The molecule has 246 valence electrons. The van der Waals surface area contributed by atoms with Crippen LogP contribution in [0.2, 0.25) is 0 Å². The second kappa shape index (κ2) is 13.4. The number of likely N-dealkylation sites (N-methyl/N-ethyl adjacent to an activating group) is 1. The molecule has 46 heavy (non-hydrogen) atoms. The SMILES string of the molecule is CN1CCN(CCOc2c(C(N)=O)sc(C(F)F)c2C2CCCN(c3cc(-c4ccnc(C(F)F)c4)n4ncnc(N)c34)C2)CC1. The van der Waals surface area contributed by atoms with Gasteiger partial charge in [0.2, 0.25) is 0 Å². The Labute approximate surface area is 266 Å². The molecular weight excluding hydrogens is 626 g/mol. The van der Waals surface area contributed by atoms with Crippen molar-refractivity contribution < 1.29 is 27.1 Å². The lowest BCUT2D eigenvalue weighted by atomic mass is 9.89. The molecule has 1 atom stereocenters. The molecule has 1 amide bonds. The Balaban J connectivity index is 1.34. The van der Waals surface area contributed by atoms with Crippen LogP contribution >= 0.6 is 11.3 Å². The average molecular weight is 662 g/mol. The van der Waals surface area contributed by atoms with E-state index in [0.717, 1.165) is 26.2 Å². The molecule has 4 aromatic heterocycles. The van der Waals surface area contributed by atoms with Crippen LogP contribution in [0.15, 0.2) is 30.7 Å². The van der Waals surface area contributed by atoms with Gasteiger partial charge in [0.1, 0.15) is 34.8 Å². The number of pyridine rings is 1. The van der Waals surface area contributed by atoms with E-state index in [9.17, 15) is 22.4 Å². The number of anilines is 2. The van der Waals surface area contributed by atoms with Crippen molar-refractivity contribution in [1.82, 2.24) is 29.4 Å². The van der Waals surface area contributed by atoms with Crippen LogP contribution in [-0.4, -0.2) is 94.8 Å². The summed E-state index contributed by atoms with van der Waals surface area (Å²) < 4.78 is 63.7. The number of alkyl halides is 4. The highest BCUT2D eigenvalue weighted by atomic mass is 32.1. The van der Waals surface area contributed by atoms with Crippen LogP contribution in [0, 0.1) is 0 Å². The highest BCUT2D eigenvalue weighted by molar-refractivity contribution is 7.14. The molecule has 0 aliphatic carbocycles. The number of ether oxygens (including phenoxy) is 1. The van der Waals surface area contributed by atoms with Crippen LogP contribution in [0.3, 0.4) is 0 Å². The van der Waals surface area contributed by atoms with Crippen molar-refractivity contribution in [2.75, 3.05) is 70.1 Å². The van der Waals surface area contributed by atoms with Crippen molar-refractivity contribution in [1.29, 1.82) is 0 Å². The number of hydrogen-bond acceptors (Lipinski definition) is 10. The molecule has 0 saturated carbocycles. The Morgan fingerprint density at radius 2 is 1.89 bits per heavy atom. The molecule has 0 aromatic carbocycles. The number of carbonyl (C=O) groups is 1. The Kier molecular flexibility index (Phi) is 9.29. The number of primary amides is 1. The van der Waals surface area contributed by atoms with Crippen molar-refractivity contribution >= 4 is 34.3 Å². The van der Waals surface area contributed by atoms with Crippen molar-refractivity contribution in [2.45, 2.75) is 31.6 Å². The number of piperidine rings is 1. The minimum atomic E-state index is -2.83. The molecule has 2 aliphatic heterocycles. The molecule has 4 aromatic rings. The number of piperazine rings is 1. The molecule has 6 heterocycles.